The summed E-state index contributed by atoms with van der Waals surface area (Å²) in [6.45, 7) is 0. The SMILES string of the molecule is COc1ccc(C=c2sc3n(c2=O)C(c2ccc(Cl)cc2)C=C(c2ccccc2)N=3)cc1. The summed E-state index contributed by atoms with van der Waals surface area (Å²) >= 11 is 7.51. The maximum absolute atomic E-state index is 13.4. The molecule has 1 aliphatic heterocycles. The summed E-state index contributed by atoms with van der Waals surface area (Å²) in [5.41, 5.74) is 3.71. The first-order chi connectivity index (χ1) is 15.6. The molecule has 1 atom stereocenters. The molecule has 0 bridgehead atoms. The van der Waals surface area contributed by atoms with E-state index in [2.05, 4.69) is 0 Å². The molecule has 32 heavy (non-hydrogen) atoms. The maximum atomic E-state index is 13.4. The van der Waals surface area contributed by atoms with Crippen LogP contribution in [-0.2, 0) is 0 Å². The van der Waals surface area contributed by atoms with Crippen LogP contribution < -0.4 is 19.6 Å². The quantitative estimate of drug-likeness (QED) is 0.446. The molecule has 158 valence electrons. The third-order valence-electron chi connectivity index (χ3n) is 5.34. The second-order valence-corrected chi connectivity index (χ2v) is 8.81. The molecule has 2 heterocycles. The molecule has 1 aliphatic rings. The third kappa shape index (κ3) is 3.93. The molecule has 0 amide bonds. The fraction of sp³-hybridized carbons (Fsp3) is 0.0769. The Bertz CT molecular complexity index is 1470. The highest BCUT2D eigenvalue weighted by Crippen LogP contribution is 2.27. The highest BCUT2D eigenvalue weighted by atomic mass is 35.5. The summed E-state index contributed by atoms with van der Waals surface area (Å²) in [5, 5.41) is 0.660. The van der Waals surface area contributed by atoms with Crippen LogP contribution in [0.15, 0.2) is 94.7 Å². The summed E-state index contributed by atoms with van der Waals surface area (Å²) in [6.07, 6.45) is 3.94. The predicted molar refractivity (Wildman–Crippen MR) is 130 cm³/mol. The first-order valence-electron chi connectivity index (χ1n) is 10.1. The molecule has 1 unspecified atom stereocenters. The van der Waals surface area contributed by atoms with E-state index in [1.807, 2.05) is 91.0 Å². The van der Waals surface area contributed by atoms with Crippen LogP contribution in [0.2, 0.25) is 5.02 Å². The van der Waals surface area contributed by atoms with Gasteiger partial charge < -0.3 is 4.74 Å². The van der Waals surface area contributed by atoms with E-state index in [4.69, 9.17) is 21.3 Å². The summed E-state index contributed by atoms with van der Waals surface area (Å²) in [7, 11) is 1.63. The number of ether oxygens (including phenoxy) is 1. The fourth-order valence-electron chi connectivity index (χ4n) is 3.70. The maximum Gasteiger partial charge on any atom is 0.271 e. The summed E-state index contributed by atoms with van der Waals surface area (Å²) < 4.78 is 7.62. The Kier molecular flexibility index (Phi) is 5.52. The average molecular weight is 459 g/mol. The monoisotopic (exact) mass is 458 g/mol. The van der Waals surface area contributed by atoms with Gasteiger partial charge in [0.1, 0.15) is 5.75 Å². The number of fused-ring (bicyclic) bond motifs is 1. The molecule has 4 nitrogen and oxygen atoms in total. The van der Waals surface area contributed by atoms with Gasteiger partial charge in [-0.3, -0.25) is 9.36 Å². The fourth-order valence-corrected chi connectivity index (χ4v) is 4.84. The first-order valence-corrected chi connectivity index (χ1v) is 11.3. The van der Waals surface area contributed by atoms with E-state index in [0.717, 1.165) is 28.1 Å². The van der Waals surface area contributed by atoms with E-state index in [0.29, 0.717) is 14.4 Å². The molecule has 1 aromatic heterocycles. The molecule has 0 aliphatic carbocycles. The van der Waals surface area contributed by atoms with Crippen molar-refractivity contribution in [2.24, 2.45) is 4.99 Å². The zero-order valence-electron chi connectivity index (χ0n) is 17.2. The Balaban J connectivity index is 1.69. The Morgan fingerprint density at radius 1 is 1.00 bits per heavy atom. The number of hydrogen-bond donors (Lipinski definition) is 0. The lowest BCUT2D eigenvalue weighted by atomic mass is 10.0. The van der Waals surface area contributed by atoms with Crippen LogP contribution in [0.3, 0.4) is 0 Å². The highest BCUT2D eigenvalue weighted by Gasteiger charge is 2.22. The highest BCUT2D eigenvalue weighted by molar-refractivity contribution is 7.07. The molecule has 3 aromatic carbocycles. The summed E-state index contributed by atoms with van der Waals surface area (Å²) in [4.78, 5) is 18.9. The van der Waals surface area contributed by atoms with E-state index >= 15 is 0 Å². The number of nitrogens with zero attached hydrogens (tertiary/aromatic N) is 2. The number of methoxy groups -OCH3 is 1. The van der Waals surface area contributed by atoms with Crippen molar-refractivity contribution in [2.75, 3.05) is 7.11 Å². The third-order valence-corrected chi connectivity index (χ3v) is 6.58. The number of allylic oxidation sites excluding steroid dienone is 1. The molecule has 0 saturated carbocycles. The minimum Gasteiger partial charge on any atom is -0.497 e. The molecule has 0 saturated heterocycles. The van der Waals surface area contributed by atoms with Gasteiger partial charge in [0.2, 0.25) is 0 Å². The van der Waals surface area contributed by atoms with E-state index in [-0.39, 0.29) is 11.6 Å². The number of benzene rings is 3. The van der Waals surface area contributed by atoms with Crippen molar-refractivity contribution in [2.45, 2.75) is 6.04 Å². The van der Waals surface area contributed by atoms with E-state index in [1.54, 1.807) is 11.7 Å². The van der Waals surface area contributed by atoms with Gasteiger partial charge in [0.05, 0.1) is 23.4 Å². The Morgan fingerprint density at radius 3 is 2.41 bits per heavy atom. The smallest absolute Gasteiger partial charge is 0.271 e. The Hall–Kier alpha value is -3.41. The topological polar surface area (TPSA) is 43.6 Å². The number of thiazole rings is 1. The van der Waals surface area contributed by atoms with Crippen LogP contribution in [0.4, 0.5) is 0 Å². The van der Waals surface area contributed by atoms with Gasteiger partial charge in [0.15, 0.2) is 4.80 Å². The normalized spacial score (nSPS) is 15.6. The predicted octanol–water partition coefficient (Wildman–Crippen LogP) is 4.66. The van der Waals surface area contributed by atoms with Crippen LogP contribution in [0.1, 0.15) is 22.7 Å². The second-order valence-electron chi connectivity index (χ2n) is 7.37. The Labute approximate surface area is 194 Å². The van der Waals surface area contributed by atoms with E-state index in [9.17, 15) is 4.79 Å². The lowest BCUT2D eigenvalue weighted by molar-refractivity contribution is 0.415. The molecule has 6 heteroatoms. The van der Waals surface area contributed by atoms with Crippen molar-refractivity contribution >= 4 is 34.7 Å². The van der Waals surface area contributed by atoms with Crippen molar-refractivity contribution in [3.8, 4) is 5.75 Å². The van der Waals surface area contributed by atoms with Gasteiger partial charge in [-0.05, 0) is 53.1 Å². The first kappa shape index (κ1) is 20.5. The van der Waals surface area contributed by atoms with Crippen LogP contribution in [0.25, 0.3) is 11.8 Å². The molecule has 5 rings (SSSR count). The molecular weight excluding hydrogens is 440 g/mol. The van der Waals surface area contributed by atoms with Gasteiger partial charge >= 0.3 is 0 Å². The zero-order chi connectivity index (χ0) is 22.1. The van der Waals surface area contributed by atoms with Crippen molar-refractivity contribution in [1.29, 1.82) is 0 Å². The minimum atomic E-state index is -0.267. The molecule has 0 spiro atoms. The Morgan fingerprint density at radius 2 is 1.72 bits per heavy atom. The van der Waals surface area contributed by atoms with Crippen LogP contribution in [0.5, 0.6) is 5.75 Å². The van der Waals surface area contributed by atoms with Gasteiger partial charge in [-0.2, -0.15) is 0 Å². The van der Waals surface area contributed by atoms with Crippen LogP contribution >= 0.6 is 22.9 Å². The van der Waals surface area contributed by atoms with Gasteiger partial charge in [0, 0.05) is 5.02 Å². The molecule has 0 N–H and O–H groups in total. The van der Waals surface area contributed by atoms with Gasteiger partial charge in [0.25, 0.3) is 5.56 Å². The molecule has 4 aromatic rings. The van der Waals surface area contributed by atoms with Gasteiger partial charge in [-0.25, -0.2) is 4.99 Å². The zero-order valence-corrected chi connectivity index (χ0v) is 18.8. The second kappa shape index (κ2) is 8.61. The summed E-state index contributed by atoms with van der Waals surface area (Å²) in [5.74, 6) is 0.777. The van der Waals surface area contributed by atoms with Crippen LogP contribution in [-0.4, -0.2) is 11.7 Å². The standard InChI is InChI=1S/C26H19ClN2O2S/c1-31-21-13-7-17(8-14-21)15-24-25(30)29-23(19-9-11-20(27)12-10-19)16-22(28-26(29)32-24)18-5-3-2-4-6-18/h2-16,23H,1H3. The molecule has 0 fully saturated rings. The van der Waals surface area contributed by atoms with Crippen LogP contribution in [0, 0.1) is 0 Å². The number of halogens is 1. The van der Waals surface area contributed by atoms with Crippen molar-refractivity contribution in [3.05, 3.63) is 126 Å². The van der Waals surface area contributed by atoms with Crippen molar-refractivity contribution in [3.63, 3.8) is 0 Å². The molecular formula is C26H19ClN2O2S. The average Bonchev–Trinajstić information content (AvgIpc) is 3.15. The van der Waals surface area contributed by atoms with Crippen molar-refractivity contribution < 1.29 is 4.74 Å². The van der Waals surface area contributed by atoms with Gasteiger partial charge in [-0.15, -0.1) is 0 Å². The number of aromatic nitrogens is 1. The summed E-state index contributed by atoms with van der Waals surface area (Å²) in [6, 6.07) is 25.0. The lowest BCUT2D eigenvalue weighted by Crippen LogP contribution is -2.36. The van der Waals surface area contributed by atoms with E-state index in [1.165, 1.54) is 11.3 Å². The minimum absolute atomic E-state index is 0.0621. The lowest BCUT2D eigenvalue weighted by Gasteiger charge is -2.19. The van der Waals surface area contributed by atoms with Crippen molar-refractivity contribution in [1.82, 2.24) is 4.57 Å². The largest absolute Gasteiger partial charge is 0.497 e. The van der Waals surface area contributed by atoms with E-state index < -0.39 is 0 Å². The van der Waals surface area contributed by atoms with Gasteiger partial charge in [-0.1, -0.05) is 77.5 Å². The number of rotatable bonds is 4. The molecule has 0 radical (unpaired) electrons. The number of hydrogen-bond acceptors (Lipinski definition) is 4.